The molecule has 1 atom stereocenters. The van der Waals surface area contributed by atoms with Crippen LogP contribution in [0.5, 0.6) is 0 Å². The Kier molecular flexibility index (Phi) is 3.06. The summed E-state index contributed by atoms with van der Waals surface area (Å²) in [5, 5.41) is 3.07. The first-order chi connectivity index (χ1) is 8.26. The number of hydrogen-bond donors (Lipinski definition) is 1. The molecule has 1 unspecified atom stereocenters. The van der Waals surface area contributed by atoms with Gasteiger partial charge in [0.25, 0.3) is 0 Å². The predicted molar refractivity (Wildman–Crippen MR) is 61.0 cm³/mol. The molecule has 0 amide bonds. The summed E-state index contributed by atoms with van der Waals surface area (Å²) in [6.07, 6.45) is 11.9. The number of carbonyl (C=O) groups excluding carboxylic acids is 1. The van der Waals surface area contributed by atoms with Crippen LogP contribution in [0.1, 0.15) is 11.2 Å². The van der Waals surface area contributed by atoms with Crippen molar-refractivity contribution in [3.8, 4) is 12.3 Å². The molecule has 0 aliphatic carbocycles. The van der Waals surface area contributed by atoms with Gasteiger partial charge in [0.2, 0.25) is 6.04 Å². The van der Waals surface area contributed by atoms with E-state index in [1.165, 1.54) is 17.8 Å². The highest BCUT2D eigenvalue weighted by molar-refractivity contribution is 5.81. The monoisotopic (exact) mass is 230 g/mol. The molecule has 86 valence electrons. The largest absolute Gasteiger partial charge is 0.500 e. The van der Waals surface area contributed by atoms with Gasteiger partial charge in [-0.2, -0.15) is 4.57 Å². The van der Waals surface area contributed by atoms with E-state index in [2.05, 4.69) is 16.2 Å². The van der Waals surface area contributed by atoms with Crippen molar-refractivity contribution >= 4 is 11.7 Å². The van der Waals surface area contributed by atoms with Crippen molar-refractivity contribution < 1.29 is 14.1 Å². The molecule has 0 radical (unpaired) electrons. The zero-order chi connectivity index (χ0) is 12.3. The average Bonchev–Trinajstić information content (AvgIpc) is 2.66. The van der Waals surface area contributed by atoms with Gasteiger partial charge in [-0.1, -0.05) is 5.92 Å². The summed E-state index contributed by atoms with van der Waals surface area (Å²) in [4.78, 5) is 15.9. The van der Waals surface area contributed by atoms with Crippen molar-refractivity contribution in [2.24, 2.45) is 0 Å². The molecular formula is C12H12N3O2+. The van der Waals surface area contributed by atoms with Crippen LogP contribution in [0.25, 0.3) is 0 Å². The van der Waals surface area contributed by atoms with Crippen LogP contribution in [-0.4, -0.2) is 24.0 Å². The SMILES string of the molecule is C#C/C=C(/CC1Nc2cncc[n+]2C1=O)OC. The number of fused-ring (bicyclic) bond motifs is 1. The number of nitrogens with one attached hydrogen (secondary N) is 1. The molecule has 1 aliphatic rings. The van der Waals surface area contributed by atoms with Crippen LogP contribution in [0.2, 0.25) is 0 Å². The zero-order valence-electron chi connectivity index (χ0n) is 9.38. The molecule has 1 aliphatic heterocycles. The van der Waals surface area contributed by atoms with E-state index >= 15 is 0 Å². The Morgan fingerprint density at radius 2 is 2.65 bits per heavy atom. The van der Waals surface area contributed by atoms with E-state index in [0.717, 1.165) is 0 Å². The molecule has 0 spiro atoms. The van der Waals surface area contributed by atoms with Crippen LogP contribution in [-0.2, 0) is 4.74 Å². The summed E-state index contributed by atoms with van der Waals surface area (Å²) in [7, 11) is 1.53. The lowest BCUT2D eigenvalue weighted by Crippen LogP contribution is -2.42. The molecule has 0 aromatic carbocycles. The minimum absolute atomic E-state index is 0.0395. The molecule has 0 saturated carbocycles. The van der Waals surface area contributed by atoms with Gasteiger partial charge in [-0.3, -0.25) is 10.3 Å². The number of aromatic nitrogens is 2. The molecule has 1 aromatic heterocycles. The van der Waals surface area contributed by atoms with Crippen molar-refractivity contribution in [3.05, 3.63) is 30.4 Å². The number of allylic oxidation sites excluding steroid dienone is 1. The van der Waals surface area contributed by atoms with Crippen molar-refractivity contribution in [3.63, 3.8) is 0 Å². The quantitative estimate of drug-likeness (QED) is 0.462. The van der Waals surface area contributed by atoms with Crippen LogP contribution in [0, 0.1) is 12.3 Å². The van der Waals surface area contributed by atoms with Gasteiger partial charge in [0.05, 0.1) is 19.7 Å². The maximum atomic E-state index is 12.0. The highest BCUT2D eigenvalue weighted by atomic mass is 16.5. The number of hydrogen-bond acceptors (Lipinski definition) is 4. The third kappa shape index (κ3) is 2.11. The molecule has 17 heavy (non-hydrogen) atoms. The molecule has 0 saturated heterocycles. The molecular weight excluding hydrogens is 218 g/mol. The van der Waals surface area contributed by atoms with E-state index in [0.29, 0.717) is 18.0 Å². The molecule has 1 aromatic rings. The Bertz CT molecular complexity index is 517. The maximum absolute atomic E-state index is 12.0. The Morgan fingerprint density at radius 1 is 1.82 bits per heavy atom. The van der Waals surface area contributed by atoms with Gasteiger partial charge in [-0.15, -0.1) is 6.42 Å². The van der Waals surface area contributed by atoms with Crippen LogP contribution in [0.15, 0.2) is 30.4 Å². The summed E-state index contributed by atoms with van der Waals surface area (Å²) in [6, 6.07) is -0.362. The zero-order valence-corrected chi connectivity index (χ0v) is 9.38. The van der Waals surface area contributed by atoms with Gasteiger partial charge >= 0.3 is 11.7 Å². The summed E-state index contributed by atoms with van der Waals surface area (Å²) >= 11 is 0. The van der Waals surface area contributed by atoms with Crippen molar-refractivity contribution in [2.75, 3.05) is 12.4 Å². The standard InChI is InChI=1S/C12H11N3O2/c1-3-4-9(17-2)7-10-12(16)15-6-5-13-8-11(15)14-10/h1,4-6,8,10H,7H2,2H3/p+1/b9-4-. The van der Waals surface area contributed by atoms with Gasteiger partial charge in [0, 0.05) is 6.08 Å². The summed E-state index contributed by atoms with van der Waals surface area (Å²) in [5.74, 6) is 3.62. The second kappa shape index (κ2) is 4.66. The van der Waals surface area contributed by atoms with E-state index in [-0.39, 0.29) is 11.9 Å². The van der Waals surface area contributed by atoms with Crippen LogP contribution >= 0.6 is 0 Å². The Morgan fingerprint density at radius 3 is 3.29 bits per heavy atom. The van der Waals surface area contributed by atoms with Crippen molar-refractivity contribution in [2.45, 2.75) is 12.5 Å². The molecule has 2 rings (SSSR count). The molecule has 1 N–H and O–H groups in total. The molecule has 5 heteroatoms. The second-order valence-corrected chi connectivity index (χ2v) is 3.55. The molecule has 2 heterocycles. The number of rotatable bonds is 3. The van der Waals surface area contributed by atoms with Gasteiger partial charge in [0.1, 0.15) is 18.2 Å². The minimum Gasteiger partial charge on any atom is -0.500 e. The van der Waals surface area contributed by atoms with Crippen LogP contribution in [0.3, 0.4) is 0 Å². The predicted octanol–water partition coefficient (Wildman–Crippen LogP) is 0.357. The summed E-state index contributed by atoms with van der Waals surface area (Å²) < 4.78 is 6.63. The first-order valence-corrected chi connectivity index (χ1v) is 5.12. The molecule has 0 fully saturated rings. The smallest absolute Gasteiger partial charge is 0.359 e. The normalized spacial score (nSPS) is 18.2. The highest BCUT2D eigenvalue weighted by Crippen LogP contribution is 2.15. The van der Waals surface area contributed by atoms with Crippen LogP contribution < -0.4 is 9.88 Å². The minimum atomic E-state index is -0.362. The first kappa shape index (κ1) is 11.1. The number of ether oxygens (including phenoxy) is 1. The van der Waals surface area contributed by atoms with Crippen molar-refractivity contribution in [1.82, 2.24) is 4.98 Å². The maximum Gasteiger partial charge on any atom is 0.359 e. The van der Waals surface area contributed by atoms with E-state index in [1.54, 1.807) is 18.6 Å². The lowest BCUT2D eigenvalue weighted by molar-refractivity contribution is -0.553. The fourth-order valence-corrected chi connectivity index (χ4v) is 1.70. The number of anilines is 1. The highest BCUT2D eigenvalue weighted by Gasteiger charge is 2.38. The lowest BCUT2D eigenvalue weighted by atomic mass is 10.1. The third-order valence-electron chi connectivity index (χ3n) is 2.53. The Hall–Kier alpha value is -2.35. The Labute approximate surface area is 99.1 Å². The average molecular weight is 230 g/mol. The number of methoxy groups -OCH3 is 1. The number of terminal acetylenes is 1. The molecule has 5 nitrogen and oxygen atoms in total. The van der Waals surface area contributed by atoms with Gasteiger partial charge < -0.3 is 4.74 Å². The second-order valence-electron chi connectivity index (χ2n) is 3.55. The summed E-state index contributed by atoms with van der Waals surface area (Å²) in [5.41, 5.74) is 0. The third-order valence-corrected chi connectivity index (χ3v) is 2.53. The Balaban J connectivity index is 2.16. The van der Waals surface area contributed by atoms with Gasteiger partial charge in [0.15, 0.2) is 0 Å². The topological polar surface area (TPSA) is 55.1 Å². The van der Waals surface area contributed by atoms with E-state index in [4.69, 9.17) is 11.2 Å². The first-order valence-electron chi connectivity index (χ1n) is 5.12. The van der Waals surface area contributed by atoms with Crippen LogP contribution in [0.4, 0.5) is 5.82 Å². The summed E-state index contributed by atoms with van der Waals surface area (Å²) in [6.45, 7) is 0. The fraction of sp³-hybridized carbons (Fsp3) is 0.250. The number of carbonyl (C=O) groups is 1. The lowest BCUT2D eigenvalue weighted by Gasteiger charge is -2.05. The van der Waals surface area contributed by atoms with E-state index < -0.39 is 0 Å². The van der Waals surface area contributed by atoms with E-state index in [9.17, 15) is 4.79 Å². The van der Waals surface area contributed by atoms with Crippen molar-refractivity contribution in [1.29, 1.82) is 0 Å². The molecule has 0 bridgehead atoms. The fourth-order valence-electron chi connectivity index (χ4n) is 1.70. The number of nitrogens with zero attached hydrogens (tertiary/aromatic N) is 2. The van der Waals surface area contributed by atoms with Gasteiger partial charge in [-0.25, -0.2) is 4.79 Å². The van der Waals surface area contributed by atoms with E-state index in [1.807, 2.05) is 0 Å². The van der Waals surface area contributed by atoms with Gasteiger partial charge in [-0.05, 0) is 0 Å².